The van der Waals surface area contributed by atoms with E-state index in [9.17, 15) is 9.59 Å². The second kappa shape index (κ2) is 10.6. The molecule has 4 nitrogen and oxygen atoms in total. The monoisotopic (exact) mass is 497 g/mol. The van der Waals surface area contributed by atoms with Crippen LogP contribution in [-0.2, 0) is 16.1 Å². The van der Waals surface area contributed by atoms with Crippen LogP contribution < -0.4 is 0 Å². The van der Waals surface area contributed by atoms with Gasteiger partial charge in [0, 0.05) is 12.5 Å². The summed E-state index contributed by atoms with van der Waals surface area (Å²) >= 11 is 0. The number of ether oxygens (including phenoxy) is 1. The highest BCUT2D eigenvalue weighted by atomic mass is 28.3. The lowest BCUT2D eigenvalue weighted by Crippen LogP contribution is -2.53. The lowest BCUT2D eigenvalue weighted by atomic mass is 9.83. The summed E-state index contributed by atoms with van der Waals surface area (Å²) in [5.74, 6) is 0.335. The first-order valence-electron chi connectivity index (χ1n) is 13.6. The summed E-state index contributed by atoms with van der Waals surface area (Å²) in [5, 5.41) is 1.17. The average molecular weight is 498 g/mol. The number of hydrogen-bond donors (Lipinski definition) is 0. The maximum Gasteiger partial charge on any atom is 0.411 e. The molecule has 2 aliphatic carbocycles. The first-order valence-corrected chi connectivity index (χ1v) is 15.9. The fraction of sp³-hybridized carbons (Fsp3) is 0.667. The van der Waals surface area contributed by atoms with E-state index in [1.165, 1.54) is 10.8 Å². The summed E-state index contributed by atoms with van der Waals surface area (Å²) < 4.78 is 5.90. The summed E-state index contributed by atoms with van der Waals surface area (Å²) in [5.41, 5.74) is 3.16. The number of carbonyl (C=O) groups excluding carboxylic acids is 2. The average Bonchev–Trinajstić information content (AvgIpc) is 3.03. The van der Waals surface area contributed by atoms with Crippen LogP contribution in [0.2, 0.25) is 16.6 Å². The van der Waals surface area contributed by atoms with Gasteiger partial charge in [-0.3, -0.25) is 9.69 Å². The quantitative estimate of drug-likeness (QED) is 0.358. The van der Waals surface area contributed by atoms with Crippen LogP contribution in [0.1, 0.15) is 93.6 Å². The summed E-state index contributed by atoms with van der Waals surface area (Å²) in [6.45, 7) is 20.0. The summed E-state index contributed by atoms with van der Waals surface area (Å²) in [6.07, 6.45) is 3.84. The molecule has 0 unspecified atom stereocenters. The summed E-state index contributed by atoms with van der Waals surface area (Å²) in [4.78, 5) is 30.1. The van der Waals surface area contributed by atoms with Gasteiger partial charge >= 0.3 is 6.09 Å². The number of fused-ring (bicyclic) bond motifs is 1. The molecule has 1 aromatic carbocycles. The fourth-order valence-electron chi connectivity index (χ4n) is 7.28. The second-order valence-electron chi connectivity index (χ2n) is 12.6. The number of amides is 1. The Morgan fingerprint density at radius 2 is 1.57 bits per heavy atom. The van der Waals surface area contributed by atoms with Gasteiger partial charge < -0.3 is 4.74 Å². The van der Waals surface area contributed by atoms with E-state index in [2.05, 4.69) is 41.5 Å². The van der Waals surface area contributed by atoms with Gasteiger partial charge in [0.1, 0.15) is 11.6 Å². The molecule has 0 aliphatic heterocycles. The van der Waals surface area contributed by atoms with Crippen molar-refractivity contribution in [3.8, 4) is 0 Å². The lowest BCUT2D eigenvalue weighted by molar-refractivity contribution is -0.120. The van der Waals surface area contributed by atoms with Gasteiger partial charge in [-0.05, 0) is 67.4 Å². The molecule has 0 spiro atoms. The molecule has 0 radical (unpaired) electrons. The summed E-state index contributed by atoms with van der Waals surface area (Å²) in [6, 6.07) is 9.56. The highest BCUT2D eigenvalue weighted by Crippen LogP contribution is 2.54. The van der Waals surface area contributed by atoms with Gasteiger partial charge in [0.25, 0.3) is 0 Å². The number of ketones is 1. The fourth-order valence-corrected chi connectivity index (χ4v) is 14.5. The van der Waals surface area contributed by atoms with E-state index in [4.69, 9.17) is 4.74 Å². The van der Waals surface area contributed by atoms with Crippen LogP contribution in [0.5, 0.6) is 0 Å². The standard InChI is InChI=1S/C30H47NO3Si/c1-20(2)35(21(3)4,22(5)6)28-25-18-14-13-17-24(25)26(27(28)32)31(29(33)34-30(7,8)9)19-23-15-11-10-12-16-23/h10-12,15-16,20-22,24,26H,13-14,17-19H2,1-9H3/t24-,26+/m1/s1. The number of Topliss-reactive ketones (excluding diaryl/α,β-unsaturated/α-hetero) is 1. The van der Waals surface area contributed by atoms with Gasteiger partial charge in [0.05, 0.1) is 8.07 Å². The first-order chi connectivity index (χ1) is 16.3. The van der Waals surface area contributed by atoms with Crippen molar-refractivity contribution in [3.63, 3.8) is 0 Å². The van der Waals surface area contributed by atoms with Crippen molar-refractivity contribution < 1.29 is 14.3 Å². The zero-order valence-electron chi connectivity index (χ0n) is 23.5. The first kappa shape index (κ1) is 27.7. The predicted molar refractivity (Wildman–Crippen MR) is 147 cm³/mol. The molecule has 1 aromatic rings. The van der Waals surface area contributed by atoms with Gasteiger partial charge in [-0.2, -0.15) is 0 Å². The molecule has 1 fully saturated rings. The zero-order chi connectivity index (χ0) is 26.1. The maximum atomic E-state index is 14.7. The third-order valence-electron chi connectivity index (χ3n) is 8.33. The Labute approximate surface area is 214 Å². The number of rotatable bonds is 7. The topological polar surface area (TPSA) is 46.6 Å². The minimum Gasteiger partial charge on any atom is -0.444 e. The molecule has 2 aliphatic rings. The van der Waals surface area contributed by atoms with E-state index in [0.717, 1.165) is 31.2 Å². The molecule has 5 heteroatoms. The molecule has 0 bridgehead atoms. The van der Waals surface area contributed by atoms with Crippen molar-refractivity contribution in [2.75, 3.05) is 0 Å². The molecule has 0 aromatic heterocycles. The molecule has 1 amide bonds. The third kappa shape index (κ3) is 5.30. The van der Waals surface area contributed by atoms with E-state index in [1.807, 2.05) is 51.1 Å². The molecule has 35 heavy (non-hydrogen) atoms. The molecule has 0 saturated heterocycles. The van der Waals surface area contributed by atoms with Crippen LogP contribution in [0.3, 0.4) is 0 Å². The van der Waals surface area contributed by atoms with Crippen molar-refractivity contribution in [1.82, 2.24) is 4.90 Å². The highest BCUT2D eigenvalue weighted by Gasteiger charge is 2.57. The smallest absolute Gasteiger partial charge is 0.411 e. The number of benzene rings is 1. The molecule has 3 rings (SSSR count). The molecule has 194 valence electrons. The van der Waals surface area contributed by atoms with Crippen LogP contribution in [0, 0.1) is 5.92 Å². The van der Waals surface area contributed by atoms with Crippen molar-refractivity contribution in [2.24, 2.45) is 5.92 Å². The van der Waals surface area contributed by atoms with Gasteiger partial charge in [-0.1, -0.05) is 83.9 Å². The van der Waals surface area contributed by atoms with E-state index in [1.54, 1.807) is 4.90 Å². The van der Waals surface area contributed by atoms with Gasteiger partial charge in [-0.25, -0.2) is 4.79 Å². The Morgan fingerprint density at radius 1 is 1.00 bits per heavy atom. The predicted octanol–water partition coefficient (Wildman–Crippen LogP) is 8.08. The van der Waals surface area contributed by atoms with Gasteiger partial charge in [-0.15, -0.1) is 0 Å². The number of carbonyl (C=O) groups is 2. The Morgan fingerprint density at radius 3 is 2.09 bits per heavy atom. The Kier molecular flexibility index (Phi) is 8.40. The van der Waals surface area contributed by atoms with E-state index in [0.29, 0.717) is 23.2 Å². The molecule has 0 heterocycles. The Hall–Kier alpha value is -1.88. The van der Waals surface area contributed by atoms with Crippen LogP contribution in [0.25, 0.3) is 0 Å². The van der Waals surface area contributed by atoms with Crippen LogP contribution in [-0.4, -0.2) is 36.5 Å². The van der Waals surface area contributed by atoms with Crippen molar-refractivity contribution in [3.05, 3.63) is 46.7 Å². The summed E-state index contributed by atoms with van der Waals surface area (Å²) in [7, 11) is -2.18. The second-order valence-corrected chi connectivity index (χ2v) is 18.4. The van der Waals surface area contributed by atoms with Gasteiger partial charge in [0.15, 0.2) is 5.78 Å². The van der Waals surface area contributed by atoms with Crippen LogP contribution in [0.15, 0.2) is 41.1 Å². The number of hydrogen-bond acceptors (Lipinski definition) is 3. The lowest BCUT2D eigenvalue weighted by Gasteiger charge is -2.45. The highest BCUT2D eigenvalue weighted by molar-refractivity contribution is 6.94. The van der Waals surface area contributed by atoms with Crippen LogP contribution in [0.4, 0.5) is 4.79 Å². The zero-order valence-corrected chi connectivity index (χ0v) is 24.5. The Bertz CT molecular complexity index is 920. The van der Waals surface area contributed by atoms with Gasteiger partial charge in [0.2, 0.25) is 0 Å². The van der Waals surface area contributed by atoms with E-state index < -0.39 is 19.7 Å². The SMILES string of the molecule is CC(C)[Si](C1=C2CCCC[C@H]2[C@H](N(Cc2ccccc2)C(=O)OC(C)(C)C)C1=O)(C(C)C)C(C)C. The molecular formula is C30H47NO3Si. The minimum absolute atomic E-state index is 0.116. The molecule has 2 atom stereocenters. The molecular weight excluding hydrogens is 450 g/mol. The molecule has 0 N–H and O–H groups in total. The normalized spacial score (nSPS) is 21.2. The van der Waals surface area contributed by atoms with Crippen LogP contribution >= 0.6 is 0 Å². The Balaban J connectivity index is 2.15. The molecule has 1 saturated carbocycles. The van der Waals surface area contributed by atoms with Crippen molar-refractivity contribution >= 4 is 20.0 Å². The van der Waals surface area contributed by atoms with E-state index >= 15 is 0 Å². The number of nitrogens with zero attached hydrogens (tertiary/aromatic N) is 1. The third-order valence-corrected chi connectivity index (χ3v) is 15.5. The van der Waals surface area contributed by atoms with E-state index in [-0.39, 0.29) is 17.8 Å². The largest absolute Gasteiger partial charge is 0.444 e. The van der Waals surface area contributed by atoms with Crippen molar-refractivity contribution in [1.29, 1.82) is 0 Å². The van der Waals surface area contributed by atoms with Crippen molar-refractivity contribution in [2.45, 2.75) is 123 Å². The maximum absolute atomic E-state index is 14.7. The minimum atomic E-state index is -2.18.